The van der Waals surface area contributed by atoms with Crippen LogP contribution in [0.1, 0.15) is 18.9 Å². The van der Waals surface area contributed by atoms with Crippen molar-refractivity contribution in [2.24, 2.45) is 0 Å². The molecule has 0 unspecified atom stereocenters. The van der Waals surface area contributed by atoms with E-state index in [-0.39, 0.29) is 18.2 Å². The first kappa shape index (κ1) is 20.7. The minimum atomic E-state index is -0.676. The van der Waals surface area contributed by atoms with Gasteiger partial charge >= 0.3 is 0 Å². The van der Waals surface area contributed by atoms with Crippen LogP contribution in [0.15, 0.2) is 42.5 Å². The van der Waals surface area contributed by atoms with Gasteiger partial charge in [0.25, 0.3) is 5.91 Å². The number of carbonyl (C=O) groups excluding carboxylic acids is 2. The number of para-hydroxylation sites is 2. The second-order valence-corrected chi connectivity index (χ2v) is 7.91. The number of anilines is 2. The van der Waals surface area contributed by atoms with Crippen molar-refractivity contribution in [3.63, 3.8) is 0 Å². The van der Waals surface area contributed by atoms with Gasteiger partial charge < -0.3 is 10.1 Å². The molecule has 0 radical (unpaired) electrons. The van der Waals surface area contributed by atoms with Crippen molar-refractivity contribution in [2.75, 3.05) is 30.5 Å². The SMILES string of the molecule is COCCCN1C(=O)[C@@H](CC(=O)Nc2cc(Cl)cc(Cl)c2)n2c1nc1ccccc12. The van der Waals surface area contributed by atoms with Crippen LogP contribution in [0.25, 0.3) is 11.0 Å². The lowest BCUT2D eigenvalue weighted by Gasteiger charge is -2.15. The second kappa shape index (κ2) is 8.63. The van der Waals surface area contributed by atoms with Crippen molar-refractivity contribution in [1.29, 1.82) is 0 Å². The third kappa shape index (κ3) is 4.01. The van der Waals surface area contributed by atoms with Crippen LogP contribution in [-0.2, 0) is 14.3 Å². The van der Waals surface area contributed by atoms with Crippen molar-refractivity contribution in [3.8, 4) is 0 Å². The molecule has 0 saturated carbocycles. The first-order valence-electron chi connectivity index (χ1n) is 9.51. The molecule has 9 heteroatoms. The van der Waals surface area contributed by atoms with E-state index in [9.17, 15) is 9.59 Å². The average molecular weight is 447 g/mol. The lowest BCUT2D eigenvalue weighted by Crippen LogP contribution is -2.32. The lowest BCUT2D eigenvalue weighted by atomic mass is 10.1. The number of rotatable bonds is 7. The molecular weight excluding hydrogens is 427 g/mol. The molecule has 0 bridgehead atoms. The summed E-state index contributed by atoms with van der Waals surface area (Å²) in [6.45, 7) is 1.00. The maximum atomic E-state index is 13.2. The normalized spacial score (nSPS) is 15.6. The minimum absolute atomic E-state index is 0.0307. The van der Waals surface area contributed by atoms with Gasteiger partial charge in [0.15, 0.2) is 0 Å². The van der Waals surface area contributed by atoms with Gasteiger partial charge in [0.05, 0.1) is 17.5 Å². The number of amides is 2. The van der Waals surface area contributed by atoms with Gasteiger partial charge in [-0.05, 0) is 36.8 Å². The Morgan fingerprint density at radius 2 is 1.93 bits per heavy atom. The van der Waals surface area contributed by atoms with Crippen LogP contribution in [0.4, 0.5) is 11.6 Å². The van der Waals surface area contributed by atoms with Gasteiger partial charge in [0.2, 0.25) is 11.9 Å². The molecule has 1 atom stereocenters. The van der Waals surface area contributed by atoms with E-state index in [1.165, 1.54) is 0 Å². The zero-order valence-corrected chi connectivity index (χ0v) is 17.8. The third-order valence-corrected chi connectivity index (χ3v) is 5.37. The molecule has 156 valence electrons. The molecule has 1 aliphatic rings. The van der Waals surface area contributed by atoms with E-state index in [0.29, 0.717) is 41.3 Å². The molecule has 0 aliphatic carbocycles. The Morgan fingerprint density at radius 3 is 2.67 bits per heavy atom. The molecule has 2 amide bonds. The number of hydrogen-bond acceptors (Lipinski definition) is 4. The molecule has 1 aliphatic heterocycles. The molecule has 0 saturated heterocycles. The van der Waals surface area contributed by atoms with Crippen LogP contribution in [-0.4, -0.2) is 41.6 Å². The third-order valence-electron chi connectivity index (χ3n) is 4.94. The molecule has 7 nitrogen and oxygen atoms in total. The molecule has 3 aromatic rings. The number of benzene rings is 2. The Kier molecular flexibility index (Phi) is 5.94. The number of carbonyl (C=O) groups is 2. The summed E-state index contributed by atoms with van der Waals surface area (Å²) >= 11 is 12.0. The van der Waals surface area contributed by atoms with Gasteiger partial charge in [0, 0.05) is 36.0 Å². The Hall–Kier alpha value is -2.61. The standard InChI is InChI=1S/C21H20Cl2N4O3/c1-30-8-4-7-26-20(29)18(27-17-6-3-2-5-16(17)25-21(26)27)12-19(28)24-15-10-13(22)9-14(23)11-15/h2-3,5-6,9-11,18H,4,7-8,12H2,1H3,(H,24,28)/t18-/m1/s1. The largest absolute Gasteiger partial charge is 0.385 e. The van der Waals surface area contributed by atoms with Crippen LogP contribution in [0.2, 0.25) is 10.0 Å². The predicted molar refractivity (Wildman–Crippen MR) is 117 cm³/mol. The Bertz CT molecular complexity index is 1090. The number of fused-ring (bicyclic) bond motifs is 3. The van der Waals surface area contributed by atoms with E-state index in [4.69, 9.17) is 27.9 Å². The quantitative estimate of drug-likeness (QED) is 0.548. The van der Waals surface area contributed by atoms with Gasteiger partial charge in [0.1, 0.15) is 6.04 Å². The van der Waals surface area contributed by atoms with Crippen molar-refractivity contribution in [3.05, 3.63) is 52.5 Å². The fourth-order valence-corrected chi connectivity index (χ4v) is 4.21. The van der Waals surface area contributed by atoms with Crippen molar-refractivity contribution in [2.45, 2.75) is 18.9 Å². The van der Waals surface area contributed by atoms with E-state index in [0.717, 1.165) is 11.0 Å². The fraction of sp³-hybridized carbons (Fsp3) is 0.286. The highest BCUT2D eigenvalue weighted by atomic mass is 35.5. The van der Waals surface area contributed by atoms with Crippen LogP contribution in [0.3, 0.4) is 0 Å². The maximum Gasteiger partial charge on any atom is 0.253 e. The molecular formula is C21H20Cl2N4O3. The summed E-state index contributed by atoms with van der Waals surface area (Å²) in [5.74, 6) is 0.0914. The highest BCUT2D eigenvalue weighted by Gasteiger charge is 2.40. The number of ether oxygens (including phenoxy) is 1. The number of aromatic nitrogens is 2. The van der Waals surface area contributed by atoms with E-state index in [2.05, 4.69) is 10.3 Å². The predicted octanol–water partition coefficient (Wildman–Crippen LogP) is 4.30. The van der Waals surface area contributed by atoms with Gasteiger partial charge in [-0.25, -0.2) is 4.98 Å². The monoisotopic (exact) mass is 446 g/mol. The molecule has 1 aromatic heterocycles. The van der Waals surface area contributed by atoms with E-state index < -0.39 is 6.04 Å². The Balaban J connectivity index is 1.61. The van der Waals surface area contributed by atoms with Crippen LogP contribution in [0, 0.1) is 0 Å². The molecule has 30 heavy (non-hydrogen) atoms. The molecule has 4 rings (SSSR count). The zero-order valence-electron chi connectivity index (χ0n) is 16.3. The Morgan fingerprint density at radius 1 is 1.20 bits per heavy atom. The molecule has 2 aromatic carbocycles. The minimum Gasteiger partial charge on any atom is -0.385 e. The van der Waals surface area contributed by atoms with Gasteiger partial charge in [-0.15, -0.1) is 0 Å². The molecule has 0 spiro atoms. The van der Waals surface area contributed by atoms with E-state index in [1.54, 1.807) is 30.2 Å². The summed E-state index contributed by atoms with van der Waals surface area (Å²) in [6, 6.07) is 11.7. The molecule has 2 heterocycles. The number of methoxy groups -OCH3 is 1. The average Bonchev–Trinajstić information content (AvgIpc) is 3.17. The highest BCUT2D eigenvalue weighted by molar-refractivity contribution is 6.35. The summed E-state index contributed by atoms with van der Waals surface area (Å²) in [7, 11) is 1.62. The van der Waals surface area contributed by atoms with Crippen molar-refractivity contribution < 1.29 is 14.3 Å². The summed E-state index contributed by atoms with van der Waals surface area (Å²) < 4.78 is 6.95. The van der Waals surface area contributed by atoms with Gasteiger partial charge in [-0.1, -0.05) is 35.3 Å². The fourth-order valence-electron chi connectivity index (χ4n) is 3.69. The number of halogens is 2. The highest BCUT2D eigenvalue weighted by Crippen LogP contribution is 2.36. The van der Waals surface area contributed by atoms with Crippen LogP contribution >= 0.6 is 23.2 Å². The zero-order chi connectivity index (χ0) is 21.3. The number of nitrogens with zero attached hydrogens (tertiary/aromatic N) is 3. The Labute approximate surface area is 183 Å². The number of nitrogens with one attached hydrogen (secondary N) is 1. The van der Waals surface area contributed by atoms with E-state index in [1.807, 2.05) is 28.8 Å². The van der Waals surface area contributed by atoms with E-state index >= 15 is 0 Å². The summed E-state index contributed by atoms with van der Waals surface area (Å²) in [5, 5.41) is 3.61. The summed E-state index contributed by atoms with van der Waals surface area (Å²) in [4.78, 5) is 32.2. The van der Waals surface area contributed by atoms with Gasteiger partial charge in [-0.2, -0.15) is 0 Å². The summed E-state index contributed by atoms with van der Waals surface area (Å²) in [5.41, 5.74) is 2.08. The number of hydrogen-bond donors (Lipinski definition) is 1. The van der Waals surface area contributed by atoms with Crippen molar-refractivity contribution >= 4 is 57.7 Å². The first-order valence-corrected chi connectivity index (χ1v) is 10.3. The molecule has 1 N–H and O–H groups in total. The van der Waals surface area contributed by atoms with Crippen LogP contribution < -0.4 is 10.2 Å². The topological polar surface area (TPSA) is 76.5 Å². The smallest absolute Gasteiger partial charge is 0.253 e. The lowest BCUT2D eigenvalue weighted by molar-refractivity contribution is -0.124. The number of imidazole rings is 1. The van der Waals surface area contributed by atoms with Crippen LogP contribution in [0.5, 0.6) is 0 Å². The maximum absolute atomic E-state index is 13.2. The first-order chi connectivity index (χ1) is 14.5. The second-order valence-electron chi connectivity index (χ2n) is 7.03. The summed E-state index contributed by atoms with van der Waals surface area (Å²) in [6.07, 6.45) is 0.641. The molecule has 0 fully saturated rings. The van der Waals surface area contributed by atoms with Gasteiger partial charge in [-0.3, -0.25) is 19.1 Å². The van der Waals surface area contributed by atoms with Crippen molar-refractivity contribution in [1.82, 2.24) is 9.55 Å².